The molecule has 3 atom stereocenters. The standard InChI is InChI=1S/C19H30O3Si/c1-23(2,3)14-16-11-19(21)18(12-20)17(16)9-10-22-13-15-7-5-4-6-8-15/h4-8,14,17-21H,9-13H2,1-3H3/b16-14-/t17-,18-,19+/m0/s1. The predicted molar refractivity (Wildman–Crippen MR) is 96.8 cm³/mol. The van der Waals surface area contributed by atoms with Gasteiger partial charge in [-0.2, -0.15) is 0 Å². The summed E-state index contributed by atoms with van der Waals surface area (Å²) in [5.74, 6) is 0.204. The Kier molecular flexibility index (Phi) is 6.59. The summed E-state index contributed by atoms with van der Waals surface area (Å²) in [5, 5.41) is 19.9. The van der Waals surface area contributed by atoms with E-state index in [-0.39, 0.29) is 18.4 Å². The second-order valence-electron chi connectivity index (χ2n) is 7.64. The third-order valence-corrected chi connectivity index (χ3v) is 5.68. The Bertz CT molecular complexity index is 507. The molecule has 0 amide bonds. The van der Waals surface area contributed by atoms with Crippen LogP contribution in [0.1, 0.15) is 18.4 Å². The Morgan fingerprint density at radius 1 is 1.22 bits per heavy atom. The van der Waals surface area contributed by atoms with E-state index in [4.69, 9.17) is 4.74 Å². The van der Waals surface area contributed by atoms with Gasteiger partial charge < -0.3 is 14.9 Å². The summed E-state index contributed by atoms with van der Waals surface area (Å²) in [6, 6.07) is 10.2. The van der Waals surface area contributed by atoms with Crippen LogP contribution in [0, 0.1) is 11.8 Å². The normalized spacial score (nSPS) is 26.8. The third-order valence-electron chi connectivity index (χ3n) is 4.45. The lowest BCUT2D eigenvalue weighted by molar-refractivity contribution is 0.0555. The molecule has 0 unspecified atom stereocenters. The molecule has 4 heteroatoms. The van der Waals surface area contributed by atoms with Crippen LogP contribution in [0.5, 0.6) is 0 Å². The number of rotatable bonds is 7. The van der Waals surface area contributed by atoms with Crippen LogP contribution in [0.25, 0.3) is 0 Å². The molecule has 1 aromatic carbocycles. The molecule has 1 aliphatic rings. The highest BCUT2D eigenvalue weighted by Crippen LogP contribution is 2.39. The second kappa shape index (κ2) is 8.24. The number of aliphatic hydroxyl groups is 2. The highest BCUT2D eigenvalue weighted by atomic mass is 28.3. The van der Waals surface area contributed by atoms with Crippen LogP contribution in [0.2, 0.25) is 19.6 Å². The van der Waals surface area contributed by atoms with Gasteiger partial charge in [0.05, 0.1) is 20.8 Å². The largest absolute Gasteiger partial charge is 0.396 e. The predicted octanol–water partition coefficient (Wildman–Crippen LogP) is 3.39. The lowest BCUT2D eigenvalue weighted by Crippen LogP contribution is -2.24. The van der Waals surface area contributed by atoms with Gasteiger partial charge in [0.25, 0.3) is 0 Å². The molecule has 3 nitrogen and oxygen atoms in total. The summed E-state index contributed by atoms with van der Waals surface area (Å²) in [7, 11) is -1.33. The van der Waals surface area contributed by atoms with Gasteiger partial charge in [0.15, 0.2) is 0 Å². The summed E-state index contributed by atoms with van der Waals surface area (Å²) >= 11 is 0. The Morgan fingerprint density at radius 3 is 2.52 bits per heavy atom. The van der Waals surface area contributed by atoms with Gasteiger partial charge in [0, 0.05) is 19.1 Å². The maximum atomic E-state index is 10.2. The van der Waals surface area contributed by atoms with Crippen molar-refractivity contribution in [1.29, 1.82) is 0 Å². The number of aliphatic hydroxyl groups excluding tert-OH is 2. The van der Waals surface area contributed by atoms with Gasteiger partial charge in [-0.25, -0.2) is 0 Å². The molecule has 1 aromatic rings. The van der Waals surface area contributed by atoms with Crippen molar-refractivity contribution in [3.05, 3.63) is 47.2 Å². The molecule has 128 valence electrons. The van der Waals surface area contributed by atoms with Gasteiger partial charge in [-0.15, -0.1) is 0 Å². The molecule has 0 spiro atoms. The molecular weight excluding hydrogens is 304 g/mol. The maximum Gasteiger partial charge on any atom is 0.0716 e. The SMILES string of the molecule is C[Si](C)(C)/C=C1/C[C@@H](O)[C@@H](CO)[C@H]1CCOCc1ccccc1. The summed E-state index contributed by atoms with van der Waals surface area (Å²) in [6.07, 6.45) is 1.16. The zero-order valence-corrected chi connectivity index (χ0v) is 15.5. The van der Waals surface area contributed by atoms with Crippen LogP contribution in [0.3, 0.4) is 0 Å². The third kappa shape index (κ3) is 5.57. The summed E-state index contributed by atoms with van der Waals surface area (Å²) in [6.45, 7) is 8.25. The van der Waals surface area contributed by atoms with Crippen molar-refractivity contribution in [2.75, 3.05) is 13.2 Å². The zero-order valence-electron chi connectivity index (χ0n) is 14.5. The zero-order chi connectivity index (χ0) is 16.9. The van der Waals surface area contributed by atoms with E-state index in [0.717, 1.165) is 6.42 Å². The molecule has 2 N–H and O–H groups in total. The molecule has 0 saturated heterocycles. The van der Waals surface area contributed by atoms with E-state index in [1.165, 1.54) is 11.1 Å². The minimum absolute atomic E-state index is 0.0436. The van der Waals surface area contributed by atoms with Gasteiger partial charge in [-0.1, -0.05) is 61.2 Å². The van der Waals surface area contributed by atoms with E-state index in [1.54, 1.807) is 0 Å². The monoisotopic (exact) mass is 334 g/mol. The van der Waals surface area contributed by atoms with E-state index in [0.29, 0.717) is 19.6 Å². The van der Waals surface area contributed by atoms with Gasteiger partial charge >= 0.3 is 0 Å². The molecule has 0 bridgehead atoms. The Hall–Kier alpha value is -0.943. The molecule has 1 saturated carbocycles. The van der Waals surface area contributed by atoms with Crippen molar-refractivity contribution in [2.45, 2.75) is 45.2 Å². The lowest BCUT2D eigenvalue weighted by Gasteiger charge is -2.22. The average molecular weight is 335 g/mol. The Morgan fingerprint density at radius 2 is 1.91 bits per heavy atom. The van der Waals surface area contributed by atoms with Gasteiger partial charge in [-0.05, 0) is 24.3 Å². The summed E-state index contributed by atoms with van der Waals surface area (Å²) < 4.78 is 5.81. The number of ether oxygens (including phenoxy) is 1. The summed E-state index contributed by atoms with van der Waals surface area (Å²) in [4.78, 5) is 0. The molecule has 2 rings (SSSR count). The van der Waals surface area contributed by atoms with Gasteiger partial charge in [-0.3, -0.25) is 0 Å². The average Bonchev–Trinajstić information content (AvgIpc) is 2.77. The molecular formula is C19H30O3Si. The van der Waals surface area contributed by atoms with E-state index < -0.39 is 14.2 Å². The first kappa shape index (κ1) is 18.4. The van der Waals surface area contributed by atoms with Crippen LogP contribution in [0.15, 0.2) is 41.6 Å². The number of benzene rings is 1. The maximum absolute atomic E-state index is 10.2. The minimum Gasteiger partial charge on any atom is -0.396 e. The molecule has 0 aromatic heterocycles. The lowest BCUT2D eigenvalue weighted by atomic mass is 9.91. The fourth-order valence-electron chi connectivity index (χ4n) is 3.43. The fourth-order valence-corrected chi connectivity index (χ4v) is 4.88. The quantitative estimate of drug-likeness (QED) is 0.593. The molecule has 0 aliphatic heterocycles. The van der Waals surface area contributed by atoms with Crippen LogP contribution in [0.4, 0.5) is 0 Å². The van der Waals surface area contributed by atoms with E-state index in [1.807, 2.05) is 18.2 Å². The van der Waals surface area contributed by atoms with E-state index in [2.05, 4.69) is 37.5 Å². The highest BCUT2D eigenvalue weighted by molar-refractivity contribution is 6.81. The minimum atomic E-state index is -1.33. The first-order valence-corrected chi connectivity index (χ1v) is 12.1. The van der Waals surface area contributed by atoms with Crippen LogP contribution >= 0.6 is 0 Å². The molecule has 1 aliphatic carbocycles. The van der Waals surface area contributed by atoms with E-state index >= 15 is 0 Å². The molecule has 0 heterocycles. The van der Waals surface area contributed by atoms with Crippen LogP contribution in [-0.4, -0.2) is 37.6 Å². The molecule has 0 radical (unpaired) electrons. The van der Waals surface area contributed by atoms with Crippen molar-refractivity contribution >= 4 is 8.07 Å². The molecule has 1 fully saturated rings. The highest BCUT2D eigenvalue weighted by Gasteiger charge is 2.38. The summed E-state index contributed by atoms with van der Waals surface area (Å²) in [5.41, 5.74) is 4.91. The number of hydrogen-bond donors (Lipinski definition) is 2. The van der Waals surface area contributed by atoms with Crippen molar-refractivity contribution < 1.29 is 14.9 Å². The van der Waals surface area contributed by atoms with Crippen molar-refractivity contribution in [3.8, 4) is 0 Å². The van der Waals surface area contributed by atoms with Crippen molar-refractivity contribution in [3.63, 3.8) is 0 Å². The van der Waals surface area contributed by atoms with E-state index in [9.17, 15) is 10.2 Å². The fraction of sp³-hybridized carbons (Fsp3) is 0.579. The smallest absolute Gasteiger partial charge is 0.0716 e. The van der Waals surface area contributed by atoms with Crippen molar-refractivity contribution in [1.82, 2.24) is 0 Å². The van der Waals surface area contributed by atoms with Crippen molar-refractivity contribution in [2.24, 2.45) is 11.8 Å². The topological polar surface area (TPSA) is 49.7 Å². The first-order valence-electron chi connectivity index (χ1n) is 8.53. The van der Waals surface area contributed by atoms with Gasteiger partial charge in [0.1, 0.15) is 0 Å². The second-order valence-corrected chi connectivity index (χ2v) is 12.7. The van der Waals surface area contributed by atoms with Crippen LogP contribution < -0.4 is 0 Å². The Labute approximate surface area is 141 Å². The number of hydrogen-bond acceptors (Lipinski definition) is 3. The van der Waals surface area contributed by atoms with Gasteiger partial charge in [0.2, 0.25) is 0 Å². The first-order chi connectivity index (χ1) is 10.9. The Balaban J connectivity index is 1.92. The molecule has 23 heavy (non-hydrogen) atoms. The van der Waals surface area contributed by atoms with Crippen LogP contribution in [-0.2, 0) is 11.3 Å².